The molecule has 1 aliphatic heterocycles. The molecule has 0 fully saturated rings. The molecule has 0 spiro atoms. The second-order valence-corrected chi connectivity index (χ2v) is 8.28. The van der Waals surface area contributed by atoms with Gasteiger partial charge in [-0.05, 0) is 49.4 Å². The monoisotopic (exact) mass is 411 g/mol. The summed E-state index contributed by atoms with van der Waals surface area (Å²) in [7, 11) is 0. The number of ether oxygens (including phenoxy) is 1. The number of thiophene rings is 1. The molecule has 1 N–H and O–H groups in total. The largest absolute Gasteiger partial charge is 0.463 e. The summed E-state index contributed by atoms with van der Waals surface area (Å²) in [6.07, 6.45) is 1.10. The van der Waals surface area contributed by atoms with Gasteiger partial charge in [0, 0.05) is 40.1 Å². The second-order valence-electron chi connectivity index (χ2n) is 7.30. The fraction of sp³-hybridized carbons (Fsp3) is 0.304. The number of ketones is 1. The lowest BCUT2D eigenvalue weighted by Crippen LogP contribution is -2.36. The number of benzene rings is 1. The van der Waals surface area contributed by atoms with E-state index in [2.05, 4.69) is 11.4 Å². The van der Waals surface area contributed by atoms with Gasteiger partial charge in [-0.15, -0.1) is 11.3 Å². The molecule has 0 unspecified atom stereocenters. The number of hydrogen-bond donors (Lipinski definition) is 1. The highest BCUT2D eigenvalue weighted by Gasteiger charge is 2.41. The van der Waals surface area contributed by atoms with E-state index in [1.165, 1.54) is 17.0 Å². The van der Waals surface area contributed by atoms with E-state index in [0.29, 0.717) is 35.2 Å². The van der Waals surface area contributed by atoms with Crippen molar-refractivity contribution in [2.24, 2.45) is 0 Å². The van der Waals surface area contributed by atoms with Gasteiger partial charge in [-0.2, -0.15) is 0 Å². The summed E-state index contributed by atoms with van der Waals surface area (Å²) in [6.45, 7) is 3.82. The molecular weight excluding hydrogens is 389 g/mol. The highest BCUT2D eigenvalue weighted by atomic mass is 32.1. The molecule has 2 aliphatic rings. The zero-order valence-electron chi connectivity index (χ0n) is 16.3. The van der Waals surface area contributed by atoms with Crippen molar-refractivity contribution in [3.05, 3.63) is 80.6 Å². The number of allylic oxidation sites excluding steroid dienone is 3. The number of dihydropyridines is 1. The van der Waals surface area contributed by atoms with Crippen LogP contribution >= 0.6 is 11.3 Å². The molecule has 0 bridgehead atoms. The number of Topliss-reactive ketones (excluding diaryl/α,β-unsaturated/α-hetero) is 1. The molecule has 150 valence electrons. The van der Waals surface area contributed by atoms with Crippen molar-refractivity contribution < 1.29 is 18.7 Å². The zero-order chi connectivity index (χ0) is 20.5. The van der Waals surface area contributed by atoms with Crippen LogP contribution in [-0.2, 0) is 14.3 Å². The summed E-state index contributed by atoms with van der Waals surface area (Å²) < 4.78 is 18.8. The van der Waals surface area contributed by atoms with Crippen LogP contribution in [0, 0.1) is 5.82 Å². The summed E-state index contributed by atoms with van der Waals surface area (Å²) in [5, 5.41) is 5.33. The van der Waals surface area contributed by atoms with E-state index in [-0.39, 0.29) is 24.1 Å². The predicted molar refractivity (Wildman–Crippen MR) is 110 cm³/mol. The van der Waals surface area contributed by atoms with Crippen LogP contribution in [-0.4, -0.2) is 18.4 Å². The molecule has 4 rings (SSSR count). The molecule has 4 nitrogen and oxygen atoms in total. The molecule has 0 saturated heterocycles. The zero-order valence-corrected chi connectivity index (χ0v) is 17.1. The minimum absolute atomic E-state index is 0.0146. The van der Waals surface area contributed by atoms with Crippen LogP contribution in [0.4, 0.5) is 4.39 Å². The standard InChI is InChI=1S/C23H22FNO3S/c1-3-28-23(27)20-13(2)25-17-11-15(19-5-4-10-29-19)12-18(26)22(17)21(20)14-6-8-16(24)9-7-14/h4-10,15,21,25H,3,11-12H2,1-2H3/t15-,21+/m1/s1. The Kier molecular flexibility index (Phi) is 5.37. The molecular formula is C23H22FNO3S. The fourth-order valence-electron chi connectivity index (χ4n) is 4.23. The Bertz CT molecular complexity index is 1010. The maximum absolute atomic E-state index is 13.5. The predicted octanol–water partition coefficient (Wildman–Crippen LogP) is 4.81. The Morgan fingerprint density at radius 1 is 1.24 bits per heavy atom. The first-order chi connectivity index (χ1) is 14.0. The Labute approximate surface area is 173 Å². The van der Waals surface area contributed by atoms with E-state index in [9.17, 15) is 14.0 Å². The highest BCUT2D eigenvalue weighted by molar-refractivity contribution is 7.10. The van der Waals surface area contributed by atoms with Gasteiger partial charge in [-0.3, -0.25) is 4.79 Å². The van der Waals surface area contributed by atoms with Crippen LogP contribution in [0.25, 0.3) is 0 Å². The SMILES string of the molecule is CCOC(=O)C1=C(C)NC2=C(C(=O)C[C@H](c3cccs3)C2)[C@H]1c1ccc(F)cc1. The number of hydrogen-bond acceptors (Lipinski definition) is 5. The van der Waals surface area contributed by atoms with E-state index in [4.69, 9.17) is 4.74 Å². The summed E-state index contributed by atoms with van der Waals surface area (Å²) in [4.78, 5) is 27.2. The van der Waals surface area contributed by atoms with Gasteiger partial charge >= 0.3 is 5.97 Å². The lowest BCUT2D eigenvalue weighted by atomic mass is 9.72. The van der Waals surface area contributed by atoms with Gasteiger partial charge in [0.1, 0.15) is 5.82 Å². The normalized spacial score (nSPS) is 21.7. The number of nitrogens with one attached hydrogen (secondary N) is 1. The molecule has 2 heterocycles. The van der Waals surface area contributed by atoms with Crippen molar-refractivity contribution in [3.63, 3.8) is 0 Å². The van der Waals surface area contributed by atoms with Gasteiger partial charge in [0.25, 0.3) is 0 Å². The van der Waals surface area contributed by atoms with E-state index in [1.54, 1.807) is 30.4 Å². The van der Waals surface area contributed by atoms with E-state index in [0.717, 1.165) is 5.70 Å². The maximum Gasteiger partial charge on any atom is 0.336 e. The molecule has 1 aromatic carbocycles. The highest BCUT2D eigenvalue weighted by Crippen LogP contribution is 2.46. The third-order valence-electron chi connectivity index (χ3n) is 5.47. The molecule has 29 heavy (non-hydrogen) atoms. The van der Waals surface area contributed by atoms with Crippen LogP contribution < -0.4 is 5.32 Å². The van der Waals surface area contributed by atoms with Crippen molar-refractivity contribution in [2.45, 2.75) is 38.5 Å². The van der Waals surface area contributed by atoms with Crippen molar-refractivity contribution in [3.8, 4) is 0 Å². The summed E-state index contributed by atoms with van der Waals surface area (Å²) >= 11 is 1.65. The van der Waals surface area contributed by atoms with Gasteiger partial charge in [-0.1, -0.05) is 18.2 Å². The maximum atomic E-state index is 13.5. The molecule has 6 heteroatoms. The van der Waals surface area contributed by atoms with Crippen LogP contribution in [0.2, 0.25) is 0 Å². The fourth-order valence-corrected chi connectivity index (χ4v) is 5.06. The molecule has 0 saturated carbocycles. The number of carbonyl (C=O) groups excluding carboxylic acids is 2. The number of carbonyl (C=O) groups is 2. The third kappa shape index (κ3) is 3.65. The lowest BCUT2D eigenvalue weighted by Gasteiger charge is -2.36. The van der Waals surface area contributed by atoms with Crippen LogP contribution in [0.5, 0.6) is 0 Å². The van der Waals surface area contributed by atoms with Gasteiger partial charge in [0.15, 0.2) is 5.78 Å². The van der Waals surface area contributed by atoms with Gasteiger partial charge in [0.05, 0.1) is 12.2 Å². The van der Waals surface area contributed by atoms with Crippen molar-refractivity contribution in [1.29, 1.82) is 0 Å². The van der Waals surface area contributed by atoms with Gasteiger partial charge in [0.2, 0.25) is 0 Å². The van der Waals surface area contributed by atoms with E-state index >= 15 is 0 Å². The second kappa shape index (κ2) is 7.95. The lowest BCUT2D eigenvalue weighted by molar-refractivity contribution is -0.138. The van der Waals surface area contributed by atoms with Crippen molar-refractivity contribution in [1.82, 2.24) is 5.32 Å². The quantitative estimate of drug-likeness (QED) is 0.734. The average molecular weight is 411 g/mol. The van der Waals surface area contributed by atoms with Crippen LogP contribution in [0.15, 0.2) is 64.3 Å². The van der Waals surface area contributed by atoms with Gasteiger partial charge < -0.3 is 10.1 Å². The topological polar surface area (TPSA) is 55.4 Å². The Morgan fingerprint density at radius 3 is 2.66 bits per heavy atom. The van der Waals surface area contributed by atoms with Crippen molar-refractivity contribution in [2.75, 3.05) is 6.61 Å². The summed E-state index contributed by atoms with van der Waals surface area (Å²) in [5.74, 6) is -1.22. The smallest absolute Gasteiger partial charge is 0.336 e. The van der Waals surface area contributed by atoms with Crippen molar-refractivity contribution >= 4 is 23.1 Å². The number of esters is 1. The Morgan fingerprint density at radius 2 is 2.00 bits per heavy atom. The first-order valence-corrected chi connectivity index (χ1v) is 10.6. The molecule has 1 aliphatic carbocycles. The Balaban J connectivity index is 1.81. The molecule has 2 aromatic rings. The average Bonchev–Trinajstić information content (AvgIpc) is 3.22. The summed E-state index contributed by atoms with van der Waals surface area (Å²) in [6, 6.07) is 10.0. The number of rotatable bonds is 4. The van der Waals surface area contributed by atoms with E-state index in [1.807, 2.05) is 18.4 Å². The molecule has 0 amide bonds. The molecule has 2 atom stereocenters. The molecule has 1 aromatic heterocycles. The first-order valence-electron chi connectivity index (χ1n) is 9.69. The molecule has 0 radical (unpaired) electrons. The third-order valence-corrected chi connectivity index (χ3v) is 6.51. The minimum atomic E-state index is -0.553. The van der Waals surface area contributed by atoms with Crippen LogP contribution in [0.1, 0.15) is 49.0 Å². The van der Waals surface area contributed by atoms with Gasteiger partial charge in [-0.25, -0.2) is 9.18 Å². The van der Waals surface area contributed by atoms with Crippen LogP contribution in [0.3, 0.4) is 0 Å². The van der Waals surface area contributed by atoms with E-state index < -0.39 is 11.9 Å². The first kappa shape index (κ1) is 19.6. The Hall–Kier alpha value is -2.73. The number of halogens is 1. The summed E-state index contributed by atoms with van der Waals surface area (Å²) in [5.41, 5.74) is 3.25. The minimum Gasteiger partial charge on any atom is -0.463 e.